The molecule has 5 heteroatoms. The summed E-state index contributed by atoms with van der Waals surface area (Å²) in [7, 11) is 0. The first-order chi connectivity index (χ1) is 9.84. The van der Waals surface area contributed by atoms with E-state index in [1.54, 1.807) is 6.20 Å². The average Bonchev–Trinajstić information content (AvgIpc) is 2.44. The highest BCUT2D eigenvalue weighted by atomic mass is 79.9. The molecular formula is C16H13Br2ClN2. The Balaban J connectivity index is 2.32. The van der Waals surface area contributed by atoms with E-state index >= 15 is 0 Å². The molecule has 0 saturated carbocycles. The van der Waals surface area contributed by atoms with E-state index in [-0.39, 0.29) is 5.54 Å². The maximum Gasteiger partial charge on any atom is 0.138 e. The molecule has 1 aromatic carbocycles. The number of hydrogen-bond donors (Lipinski definition) is 0. The maximum absolute atomic E-state index is 6.27. The fourth-order valence-corrected chi connectivity index (χ4v) is 3.55. The van der Waals surface area contributed by atoms with Crippen LogP contribution in [0.15, 0.2) is 47.6 Å². The molecule has 0 atom stereocenters. The summed E-state index contributed by atoms with van der Waals surface area (Å²) in [5, 5.41) is 0.471. The molecule has 0 fully saturated rings. The molecular weight excluding hydrogens is 415 g/mol. The summed E-state index contributed by atoms with van der Waals surface area (Å²) in [6.45, 7) is 4.16. The van der Waals surface area contributed by atoms with Gasteiger partial charge in [0.05, 0.1) is 11.3 Å². The molecule has 0 amide bonds. The lowest BCUT2D eigenvalue weighted by Crippen LogP contribution is -2.41. The quantitative estimate of drug-likeness (QED) is 0.447. The van der Waals surface area contributed by atoms with Gasteiger partial charge < -0.3 is 0 Å². The summed E-state index contributed by atoms with van der Waals surface area (Å²) < 4.78 is -0.415. The molecule has 0 bridgehead atoms. The minimum atomic E-state index is -0.415. The Kier molecular flexibility index (Phi) is 3.75. The third-order valence-corrected chi connectivity index (χ3v) is 6.79. The Morgan fingerprint density at radius 2 is 1.67 bits per heavy atom. The van der Waals surface area contributed by atoms with E-state index in [9.17, 15) is 0 Å². The van der Waals surface area contributed by atoms with Crippen LogP contribution in [-0.4, -0.2) is 16.2 Å². The average molecular weight is 429 g/mol. The highest BCUT2D eigenvalue weighted by Crippen LogP contribution is 2.53. The second-order valence-electron chi connectivity index (χ2n) is 5.48. The molecule has 2 heterocycles. The maximum atomic E-state index is 6.27. The number of pyridine rings is 1. The second kappa shape index (κ2) is 5.18. The van der Waals surface area contributed by atoms with Crippen molar-refractivity contribution in [2.24, 2.45) is 4.99 Å². The van der Waals surface area contributed by atoms with Crippen molar-refractivity contribution in [1.82, 2.24) is 4.98 Å². The van der Waals surface area contributed by atoms with Crippen molar-refractivity contribution in [3.05, 3.63) is 64.4 Å². The van der Waals surface area contributed by atoms with E-state index in [0.717, 1.165) is 22.4 Å². The number of hydrogen-bond acceptors (Lipinski definition) is 2. The number of aliphatic imine (C=N–C) groups is 1. The normalized spacial score (nSPS) is 18.8. The molecule has 2 aromatic rings. The lowest BCUT2D eigenvalue weighted by molar-refractivity contribution is 0.485. The predicted molar refractivity (Wildman–Crippen MR) is 94.9 cm³/mol. The largest absolute Gasteiger partial charge is 0.275 e. The summed E-state index contributed by atoms with van der Waals surface area (Å²) in [6.07, 6.45) is 1.69. The second-order valence-corrected chi connectivity index (χ2v) is 9.28. The summed E-state index contributed by atoms with van der Waals surface area (Å²) in [4.78, 5) is 9.11. The van der Waals surface area contributed by atoms with Crippen LogP contribution in [0.3, 0.4) is 0 Å². The topological polar surface area (TPSA) is 25.2 Å². The predicted octanol–water partition coefficient (Wildman–Crippen LogP) is 5.31. The molecule has 1 aliphatic rings. The smallest absolute Gasteiger partial charge is 0.138 e. The van der Waals surface area contributed by atoms with Gasteiger partial charge in [-0.15, -0.1) is 0 Å². The van der Waals surface area contributed by atoms with Gasteiger partial charge in [-0.3, -0.25) is 4.99 Å². The minimum Gasteiger partial charge on any atom is -0.275 e. The molecule has 0 radical (unpaired) electrons. The van der Waals surface area contributed by atoms with Crippen molar-refractivity contribution in [1.29, 1.82) is 0 Å². The third kappa shape index (κ3) is 2.37. The Morgan fingerprint density at radius 3 is 2.38 bits per heavy atom. The first-order valence-electron chi connectivity index (χ1n) is 6.53. The number of nitrogens with zero attached hydrogens (tertiary/aromatic N) is 2. The van der Waals surface area contributed by atoms with Crippen LogP contribution in [0, 0.1) is 0 Å². The van der Waals surface area contributed by atoms with Gasteiger partial charge in [0, 0.05) is 17.3 Å². The van der Waals surface area contributed by atoms with Gasteiger partial charge >= 0.3 is 0 Å². The summed E-state index contributed by atoms with van der Waals surface area (Å²) in [5.74, 6) is 0. The van der Waals surface area contributed by atoms with Gasteiger partial charge in [-0.2, -0.15) is 0 Å². The number of fused-ring (bicyclic) bond motifs is 1. The van der Waals surface area contributed by atoms with E-state index in [1.165, 1.54) is 0 Å². The van der Waals surface area contributed by atoms with Crippen molar-refractivity contribution in [2.45, 2.75) is 22.6 Å². The van der Waals surface area contributed by atoms with Crippen molar-refractivity contribution in [2.75, 3.05) is 0 Å². The molecule has 21 heavy (non-hydrogen) atoms. The van der Waals surface area contributed by atoms with Crippen LogP contribution >= 0.6 is 43.5 Å². The highest BCUT2D eigenvalue weighted by Gasteiger charge is 2.47. The summed E-state index contributed by atoms with van der Waals surface area (Å²) in [6, 6.07) is 12.0. The van der Waals surface area contributed by atoms with Gasteiger partial charge in [0.1, 0.15) is 8.39 Å². The number of alkyl halides is 2. The van der Waals surface area contributed by atoms with E-state index in [2.05, 4.69) is 62.8 Å². The van der Waals surface area contributed by atoms with Gasteiger partial charge in [0.2, 0.25) is 0 Å². The highest BCUT2D eigenvalue weighted by molar-refractivity contribution is 9.24. The van der Waals surface area contributed by atoms with Crippen LogP contribution in [0.1, 0.15) is 30.5 Å². The van der Waals surface area contributed by atoms with E-state index < -0.39 is 3.23 Å². The number of halogens is 3. The van der Waals surface area contributed by atoms with Gasteiger partial charge in [0.15, 0.2) is 0 Å². The first kappa shape index (κ1) is 15.2. The molecule has 2 nitrogen and oxygen atoms in total. The SMILES string of the molecule is CC1(C)N=C(c2cccnc2Cl)c2ccccc2C1(Br)Br. The minimum absolute atomic E-state index is 0.379. The molecule has 0 saturated heterocycles. The molecule has 3 rings (SSSR count). The van der Waals surface area contributed by atoms with Crippen molar-refractivity contribution in [3.63, 3.8) is 0 Å². The Hall–Kier alpha value is -0.710. The third-order valence-electron chi connectivity index (χ3n) is 3.69. The molecule has 1 aliphatic heterocycles. The van der Waals surface area contributed by atoms with Gasteiger partial charge in [-0.05, 0) is 31.5 Å². The van der Waals surface area contributed by atoms with E-state index in [1.807, 2.05) is 24.3 Å². The summed E-state index contributed by atoms with van der Waals surface area (Å²) in [5.41, 5.74) is 3.55. The zero-order valence-electron chi connectivity index (χ0n) is 11.6. The molecule has 0 aliphatic carbocycles. The van der Waals surface area contributed by atoms with Crippen LogP contribution in [0.4, 0.5) is 0 Å². The van der Waals surface area contributed by atoms with Gasteiger partial charge in [0.25, 0.3) is 0 Å². The summed E-state index contributed by atoms with van der Waals surface area (Å²) >= 11 is 13.9. The van der Waals surface area contributed by atoms with Crippen LogP contribution in [-0.2, 0) is 3.23 Å². The van der Waals surface area contributed by atoms with Crippen molar-refractivity contribution < 1.29 is 0 Å². The standard InChI is InChI=1S/C16H13Br2ClN2/c1-15(2)16(17,18)12-8-4-3-6-10(12)13(21-15)11-7-5-9-20-14(11)19/h3-9H,1-2H3. The van der Waals surface area contributed by atoms with Crippen LogP contribution in [0.2, 0.25) is 5.15 Å². The van der Waals surface area contributed by atoms with Crippen molar-refractivity contribution >= 4 is 49.2 Å². The number of aromatic nitrogens is 1. The van der Waals surface area contributed by atoms with Crippen LogP contribution < -0.4 is 0 Å². The monoisotopic (exact) mass is 426 g/mol. The number of benzene rings is 1. The number of rotatable bonds is 1. The Bertz CT molecular complexity index is 739. The zero-order valence-corrected chi connectivity index (χ0v) is 15.5. The van der Waals surface area contributed by atoms with Crippen LogP contribution in [0.5, 0.6) is 0 Å². The van der Waals surface area contributed by atoms with Gasteiger partial charge in [-0.25, -0.2) is 4.98 Å². The van der Waals surface area contributed by atoms with E-state index in [0.29, 0.717) is 5.15 Å². The lowest BCUT2D eigenvalue weighted by Gasteiger charge is -2.41. The molecule has 1 aromatic heterocycles. The lowest BCUT2D eigenvalue weighted by atomic mass is 9.85. The van der Waals surface area contributed by atoms with Gasteiger partial charge in [-0.1, -0.05) is 67.7 Å². The molecule has 108 valence electrons. The molecule has 0 unspecified atom stereocenters. The first-order valence-corrected chi connectivity index (χ1v) is 8.49. The molecule has 0 spiro atoms. The van der Waals surface area contributed by atoms with Crippen molar-refractivity contribution in [3.8, 4) is 0 Å². The Labute approximate surface area is 145 Å². The fraction of sp³-hybridized carbons (Fsp3) is 0.250. The molecule has 0 N–H and O–H groups in total. The van der Waals surface area contributed by atoms with Crippen LogP contribution in [0.25, 0.3) is 0 Å². The van der Waals surface area contributed by atoms with E-state index in [4.69, 9.17) is 16.6 Å². The fourth-order valence-electron chi connectivity index (χ4n) is 2.47. The Morgan fingerprint density at radius 1 is 1.00 bits per heavy atom. The zero-order chi connectivity index (χ0) is 15.3.